The number of ketones is 1. The average Bonchev–Trinajstić information content (AvgIpc) is 2.16. The van der Waals surface area contributed by atoms with Crippen LogP contribution in [0.5, 0.6) is 0 Å². The Morgan fingerprint density at radius 2 is 2.06 bits per heavy atom. The van der Waals surface area contributed by atoms with Crippen molar-refractivity contribution in [3.05, 3.63) is 42.0 Å². The van der Waals surface area contributed by atoms with Gasteiger partial charge in [0.15, 0.2) is 5.78 Å². The molecule has 0 saturated heterocycles. The molecule has 0 fully saturated rings. The quantitative estimate of drug-likeness (QED) is 0.384. The molecule has 0 spiro atoms. The Hall–Kier alpha value is -0.460. The molecule has 88 valence electrons. The summed E-state index contributed by atoms with van der Waals surface area (Å²) in [6, 6.07) is 4.20. The van der Waals surface area contributed by atoms with Gasteiger partial charge in [-0.3, -0.25) is 9.35 Å². The minimum absolute atomic E-state index is 0. The van der Waals surface area contributed by atoms with E-state index in [-0.39, 0.29) is 45.8 Å². The van der Waals surface area contributed by atoms with E-state index >= 15 is 0 Å². The van der Waals surface area contributed by atoms with Crippen LogP contribution in [0.3, 0.4) is 0 Å². The zero-order valence-corrected chi connectivity index (χ0v) is 9.62. The van der Waals surface area contributed by atoms with Gasteiger partial charge in [-0.15, -0.1) is 6.58 Å². The van der Waals surface area contributed by atoms with Crippen LogP contribution in [0, 0.1) is 0 Å². The van der Waals surface area contributed by atoms with Crippen LogP contribution >= 0.6 is 0 Å². The molecule has 17 heavy (non-hydrogen) atoms. The molecule has 0 aliphatic rings. The second kappa shape index (κ2) is 6.47. The van der Waals surface area contributed by atoms with Gasteiger partial charge in [0.25, 0.3) is 10.1 Å². The first-order valence-corrected chi connectivity index (χ1v) is 6.02. The third kappa shape index (κ3) is 4.37. The number of carbonyl (C=O) groups excluding carboxylic acids is 1. The van der Waals surface area contributed by atoms with Gasteiger partial charge in [-0.25, -0.2) is 0 Å². The Balaban J connectivity index is 0.00000256. The summed E-state index contributed by atoms with van der Waals surface area (Å²) in [6.07, 6.45) is 1.84. The molecule has 1 N–H and O–H groups in total. The fourth-order valence-corrected chi connectivity index (χ4v) is 2.10. The number of Topliss-reactive ketones (excluding diaryl/α,β-unsaturated/α-hetero) is 1. The van der Waals surface area contributed by atoms with E-state index in [0.29, 0.717) is 12.0 Å². The van der Waals surface area contributed by atoms with E-state index in [2.05, 4.69) is 6.58 Å². The Kier molecular flexibility index (Phi) is 6.29. The SMILES string of the molecule is C=CCc1ccc(C(C)=O)cc1S(=O)(=O)O.[NaH]. The predicted octanol–water partition coefficient (Wildman–Crippen LogP) is 1.22. The van der Waals surface area contributed by atoms with Gasteiger partial charge in [0, 0.05) is 5.56 Å². The van der Waals surface area contributed by atoms with Crippen molar-refractivity contribution in [3.63, 3.8) is 0 Å². The molecule has 1 aromatic rings. The first-order chi connectivity index (χ1) is 7.36. The topological polar surface area (TPSA) is 71.4 Å². The van der Waals surface area contributed by atoms with Crippen LogP contribution in [-0.4, -0.2) is 48.3 Å². The van der Waals surface area contributed by atoms with Gasteiger partial charge in [-0.2, -0.15) is 8.42 Å². The van der Waals surface area contributed by atoms with Crippen LogP contribution < -0.4 is 0 Å². The molecule has 0 bridgehead atoms. The minimum atomic E-state index is -4.31. The number of rotatable bonds is 4. The molecule has 4 nitrogen and oxygen atoms in total. The molecule has 0 unspecified atom stereocenters. The van der Waals surface area contributed by atoms with Crippen LogP contribution in [0.15, 0.2) is 35.7 Å². The van der Waals surface area contributed by atoms with Gasteiger partial charge in [0.1, 0.15) is 0 Å². The molecule has 0 aliphatic heterocycles. The van der Waals surface area contributed by atoms with Crippen molar-refractivity contribution in [1.82, 2.24) is 0 Å². The summed E-state index contributed by atoms with van der Waals surface area (Å²) >= 11 is 0. The van der Waals surface area contributed by atoms with E-state index in [1.54, 1.807) is 0 Å². The van der Waals surface area contributed by atoms with E-state index in [1.165, 1.54) is 31.2 Å². The third-order valence-electron chi connectivity index (χ3n) is 2.12. The van der Waals surface area contributed by atoms with Gasteiger partial charge >= 0.3 is 29.6 Å². The van der Waals surface area contributed by atoms with Crippen molar-refractivity contribution in [2.24, 2.45) is 0 Å². The van der Waals surface area contributed by atoms with Crippen molar-refractivity contribution in [2.75, 3.05) is 0 Å². The van der Waals surface area contributed by atoms with Crippen molar-refractivity contribution in [1.29, 1.82) is 0 Å². The van der Waals surface area contributed by atoms with Gasteiger partial charge in [0.2, 0.25) is 0 Å². The Morgan fingerprint density at radius 3 is 2.47 bits per heavy atom. The van der Waals surface area contributed by atoms with Gasteiger partial charge < -0.3 is 0 Å². The fourth-order valence-electron chi connectivity index (χ4n) is 1.34. The summed E-state index contributed by atoms with van der Waals surface area (Å²) < 4.78 is 31.3. The molecule has 0 heterocycles. The van der Waals surface area contributed by atoms with E-state index in [0.717, 1.165) is 0 Å². The summed E-state index contributed by atoms with van der Waals surface area (Å²) in [7, 11) is -4.31. The van der Waals surface area contributed by atoms with E-state index in [9.17, 15) is 13.2 Å². The molecule has 0 aromatic heterocycles. The Labute approximate surface area is 123 Å². The second-order valence-corrected chi connectivity index (χ2v) is 4.74. The Morgan fingerprint density at radius 1 is 1.47 bits per heavy atom. The summed E-state index contributed by atoms with van der Waals surface area (Å²) in [5, 5.41) is 0. The standard InChI is InChI=1S/C11H12O4S.Na.H/c1-3-4-9-5-6-10(8(2)12)7-11(9)16(13,14)15;;/h3,5-7H,1,4H2,2H3,(H,13,14,15);;. The molecular formula is C11H13NaO4S. The van der Waals surface area contributed by atoms with E-state index < -0.39 is 10.1 Å². The maximum atomic E-state index is 11.1. The number of allylic oxidation sites excluding steroid dienone is 1. The first-order valence-electron chi connectivity index (χ1n) is 4.58. The van der Waals surface area contributed by atoms with Gasteiger partial charge in [-0.1, -0.05) is 18.2 Å². The summed E-state index contributed by atoms with van der Waals surface area (Å²) in [6.45, 7) is 4.82. The van der Waals surface area contributed by atoms with Gasteiger partial charge in [0.05, 0.1) is 4.90 Å². The number of hydrogen-bond acceptors (Lipinski definition) is 3. The van der Waals surface area contributed by atoms with Crippen molar-refractivity contribution in [2.45, 2.75) is 18.2 Å². The summed E-state index contributed by atoms with van der Waals surface area (Å²) in [4.78, 5) is 10.9. The first kappa shape index (κ1) is 16.5. The fraction of sp³-hybridized carbons (Fsp3) is 0.182. The molecular weight excluding hydrogens is 251 g/mol. The summed E-state index contributed by atoms with van der Waals surface area (Å²) in [5.41, 5.74) is 0.669. The van der Waals surface area contributed by atoms with Crippen LogP contribution in [0.4, 0.5) is 0 Å². The average molecular weight is 264 g/mol. The molecule has 0 saturated carbocycles. The van der Waals surface area contributed by atoms with Crippen LogP contribution in [0.2, 0.25) is 0 Å². The molecule has 0 atom stereocenters. The van der Waals surface area contributed by atoms with E-state index in [4.69, 9.17) is 4.55 Å². The van der Waals surface area contributed by atoms with Crippen molar-refractivity contribution >= 4 is 45.5 Å². The molecule has 1 aromatic carbocycles. The molecule has 0 amide bonds. The second-order valence-electron chi connectivity index (χ2n) is 3.35. The molecule has 6 heteroatoms. The molecule has 0 radical (unpaired) electrons. The number of hydrogen-bond donors (Lipinski definition) is 1. The molecule has 1 rings (SSSR count). The predicted molar refractivity (Wildman–Crippen MR) is 67.3 cm³/mol. The zero-order valence-electron chi connectivity index (χ0n) is 8.80. The zero-order chi connectivity index (χ0) is 12.3. The monoisotopic (exact) mass is 264 g/mol. The van der Waals surface area contributed by atoms with Crippen molar-refractivity contribution in [3.8, 4) is 0 Å². The molecule has 0 aliphatic carbocycles. The number of carbonyl (C=O) groups is 1. The van der Waals surface area contributed by atoms with Crippen LogP contribution in [-0.2, 0) is 16.5 Å². The third-order valence-corrected chi connectivity index (χ3v) is 3.05. The number of benzene rings is 1. The van der Waals surface area contributed by atoms with Crippen LogP contribution in [0.25, 0.3) is 0 Å². The Bertz CT molecular complexity index is 534. The normalized spacial score (nSPS) is 10.5. The summed E-state index contributed by atoms with van der Waals surface area (Å²) in [5.74, 6) is -0.255. The van der Waals surface area contributed by atoms with Crippen LogP contribution in [0.1, 0.15) is 22.8 Å². The van der Waals surface area contributed by atoms with E-state index in [1.807, 2.05) is 0 Å². The van der Waals surface area contributed by atoms with Crippen molar-refractivity contribution < 1.29 is 17.8 Å². The maximum absolute atomic E-state index is 11.1. The van der Waals surface area contributed by atoms with Gasteiger partial charge in [-0.05, 0) is 25.0 Å².